The standard InChI is InChI=1S/C16H18BrNO/c1-11(2)12-3-6-15(7-4-12)19-16-8-5-14(17)9-13(16)10-18/h3-9,11H,10,18H2,1-2H3. The SMILES string of the molecule is CC(C)c1ccc(Oc2ccc(Br)cc2CN)cc1. The first kappa shape index (κ1) is 14.1. The first-order valence-corrected chi connectivity index (χ1v) is 7.15. The Kier molecular flexibility index (Phi) is 4.61. The summed E-state index contributed by atoms with van der Waals surface area (Å²) in [6.07, 6.45) is 0. The largest absolute Gasteiger partial charge is 0.457 e. The lowest BCUT2D eigenvalue weighted by Gasteiger charge is -2.11. The van der Waals surface area contributed by atoms with Crippen LogP contribution in [0.25, 0.3) is 0 Å². The predicted octanol–water partition coefficient (Wildman–Crippen LogP) is 4.82. The monoisotopic (exact) mass is 319 g/mol. The minimum absolute atomic E-state index is 0.457. The topological polar surface area (TPSA) is 35.2 Å². The van der Waals surface area contributed by atoms with Crippen LogP contribution in [0.2, 0.25) is 0 Å². The smallest absolute Gasteiger partial charge is 0.131 e. The summed E-state index contributed by atoms with van der Waals surface area (Å²) in [4.78, 5) is 0. The van der Waals surface area contributed by atoms with E-state index >= 15 is 0 Å². The van der Waals surface area contributed by atoms with Crippen molar-refractivity contribution in [3.05, 3.63) is 58.1 Å². The number of hydrogen-bond acceptors (Lipinski definition) is 2. The van der Waals surface area contributed by atoms with E-state index in [9.17, 15) is 0 Å². The molecule has 0 fully saturated rings. The summed E-state index contributed by atoms with van der Waals surface area (Å²) in [5.41, 5.74) is 8.03. The summed E-state index contributed by atoms with van der Waals surface area (Å²) in [5, 5.41) is 0. The zero-order valence-corrected chi connectivity index (χ0v) is 12.8. The van der Waals surface area contributed by atoms with Gasteiger partial charge in [0.2, 0.25) is 0 Å². The number of hydrogen-bond donors (Lipinski definition) is 1. The van der Waals surface area contributed by atoms with E-state index in [-0.39, 0.29) is 0 Å². The van der Waals surface area contributed by atoms with Crippen LogP contribution in [0, 0.1) is 0 Å². The lowest BCUT2D eigenvalue weighted by atomic mass is 10.0. The highest BCUT2D eigenvalue weighted by Crippen LogP contribution is 2.28. The third-order valence-corrected chi connectivity index (χ3v) is 3.51. The van der Waals surface area contributed by atoms with E-state index in [0.717, 1.165) is 21.5 Å². The molecule has 3 heteroatoms. The van der Waals surface area contributed by atoms with Crippen molar-refractivity contribution in [3.63, 3.8) is 0 Å². The molecule has 0 unspecified atom stereocenters. The highest BCUT2D eigenvalue weighted by molar-refractivity contribution is 9.10. The first-order valence-electron chi connectivity index (χ1n) is 6.36. The number of rotatable bonds is 4. The molecule has 2 nitrogen and oxygen atoms in total. The van der Waals surface area contributed by atoms with E-state index in [1.807, 2.05) is 30.3 Å². The van der Waals surface area contributed by atoms with E-state index in [2.05, 4.69) is 41.9 Å². The normalized spacial score (nSPS) is 10.8. The average molecular weight is 320 g/mol. The number of nitrogens with two attached hydrogens (primary N) is 1. The lowest BCUT2D eigenvalue weighted by molar-refractivity contribution is 0.476. The highest BCUT2D eigenvalue weighted by atomic mass is 79.9. The Labute approximate surface area is 122 Å². The molecular formula is C16H18BrNO. The van der Waals surface area contributed by atoms with Crippen molar-refractivity contribution in [2.45, 2.75) is 26.3 Å². The van der Waals surface area contributed by atoms with E-state index in [4.69, 9.17) is 10.5 Å². The Morgan fingerprint density at radius 2 is 1.79 bits per heavy atom. The Bertz CT molecular complexity index is 549. The summed E-state index contributed by atoms with van der Waals surface area (Å²) in [5.74, 6) is 2.17. The van der Waals surface area contributed by atoms with E-state index in [1.165, 1.54) is 5.56 Å². The van der Waals surface area contributed by atoms with Gasteiger partial charge in [0.05, 0.1) is 0 Å². The van der Waals surface area contributed by atoms with Gasteiger partial charge in [-0.2, -0.15) is 0 Å². The molecule has 2 aromatic carbocycles. The van der Waals surface area contributed by atoms with Gasteiger partial charge in [0.15, 0.2) is 0 Å². The van der Waals surface area contributed by atoms with Gasteiger partial charge >= 0.3 is 0 Å². The molecule has 0 bridgehead atoms. The molecular weight excluding hydrogens is 302 g/mol. The molecule has 2 aromatic rings. The third-order valence-electron chi connectivity index (χ3n) is 3.02. The molecule has 0 heterocycles. The van der Waals surface area contributed by atoms with Crippen LogP contribution in [0.4, 0.5) is 0 Å². The van der Waals surface area contributed by atoms with Crippen LogP contribution in [0.3, 0.4) is 0 Å². The van der Waals surface area contributed by atoms with Crippen molar-refractivity contribution in [3.8, 4) is 11.5 Å². The summed E-state index contributed by atoms with van der Waals surface area (Å²) in [7, 11) is 0. The van der Waals surface area contributed by atoms with Gasteiger partial charge in [0.1, 0.15) is 11.5 Å². The second kappa shape index (κ2) is 6.22. The van der Waals surface area contributed by atoms with Gasteiger partial charge in [0, 0.05) is 16.6 Å². The highest BCUT2D eigenvalue weighted by Gasteiger charge is 2.05. The average Bonchev–Trinajstić information content (AvgIpc) is 2.41. The van der Waals surface area contributed by atoms with Crippen molar-refractivity contribution >= 4 is 15.9 Å². The maximum Gasteiger partial charge on any atom is 0.131 e. The van der Waals surface area contributed by atoms with Crippen LogP contribution in [0.1, 0.15) is 30.9 Å². The molecule has 0 aliphatic heterocycles. The lowest BCUT2D eigenvalue weighted by Crippen LogP contribution is -1.99. The van der Waals surface area contributed by atoms with Gasteiger partial charge in [0.25, 0.3) is 0 Å². The number of benzene rings is 2. The van der Waals surface area contributed by atoms with Crippen LogP contribution in [0.5, 0.6) is 11.5 Å². The van der Waals surface area contributed by atoms with Gasteiger partial charge in [-0.05, 0) is 41.8 Å². The molecule has 0 saturated carbocycles. The molecule has 0 radical (unpaired) electrons. The Morgan fingerprint density at radius 1 is 1.11 bits per heavy atom. The molecule has 0 saturated heterocycles. The van der Waals surface area contributed by atoms with Gasteiger partial charge in [-0.15, -0.1) is 0 Å². The molecule has 0 spiro atoms. The van der Waals surface area contributed by atoms with Crippen molar-refractivity contribution in [2.24, 2.45) is 5.73 Å². The van der Waals surface area contributed by atoms with Crippen molar-refractivity contribution < 1.29 is 4.74 Å². The van der Waals surface area contributed by atoms with Gasteiger partial charge < -0.3 is 10.5 Å². The fourth-order valence-electron chi connectivity index (χ4n) is 1.85. The minimum Gasteiger partial charge on any atom is -0.457 e. The number of halogens is 1. The number of ether oxygens (including phenoxy) is 1. The van der Waals surface area contributed by atoms with Crippen LogP contribution in [-0.4, -0.2) is 0 Å². The fraction of sp³-hybridized carbons (Fsp3) is 0.250. The minimum atomic E-state index is 0.457. The maximum absolute atomic E-state index is 5.89. The van der Waals surface area contributed by atoms with E-state index in [1.54, 1.807) is 0 Å². The summed E-state index contributed by atoms with van der Waals surface area (Å²) >= 11 is 3.44. The molecule has 2 N–H and O–H groups in total. The molecule has 0 aliphatic carbocycles. The molecule has 19 heavy (non-hydrogen) atoms. The van der Waals surface area contributed by atoms with Crippen molar-refractivity contribution in [1.29, 1.82) is 0 Å². The van der Waals surface area contributed by atoms with Gasteiger partial charge in [-0.1, -0.05) is 41.9 Å². The Morgan fingerprint density at radius 3 is 2.37 bits per heavy atom. The van der Waals surface area contributed by atoms with Crippen LogP contribution in [-0.2, 0) is 6.54 Å². The second-order valence-corrected chi connectivity index (χ2v) is 5.70. The first-order chi connectivity index (χ1) is 9.10. The third kappa shape index (κ3) is 3.58. The molecule has 0 aliphatic rings. The zero-order valence-electron chi connectivity index (χ0n) is 11.2. The van der Waals surface area contributed by atoms with Crippen LogP contribution in [0.15, 0.2) is 46.9 Å². The summed E-state index contributed by atoms with van der Waals surface area (Å²) < 4.78 is 6.90. The van der Waals surface area contributed by atoms with E-state index in [0.29, 0.717) is 12.5 Å². The van der Waals surface area contributed by atoms with Crippen molar-refractivity contribution in [1.82, 2.24) is 0 Å². The van der Waals surface area contributed by atoms with Crippen molar-refractivity contribution in [2.75, 3.05) is 0 Å². The zero-order chi connectivity index (χ0) is 13.8. The molecule has 2 rings (SSSR count). The molecule has 0 aromatic heterocycles. The van der Waals surface area contributed by atoms with Crippen LogP contribution < -0.4 is 10.5 Å². The Hall–Kier alpha value is -1.32. The van der Waals surface area contributed by atoms with Crippen LogP contribution >= 0.6 is 15.9 Å². The molecule has 100 valence electrons. The second-order valence-electron chi connectivity index (χ2n) is 4.78. The van der Waals surface area contributed by atoms with E-state index < -0.39 is 0 Å². The molecule has 0 atom stereocenters. The molecule has 0 amide bonds. The van der Waals surface area contributed by atoms with Gasteiger partial charge in [-0.3, -0.25) is 0 Å². The predicted molar refractivity (Wildman–Crippen MR) is 82.6 cm³/mol. The fourth-order valence-corrected chi connectivity index (χ4v) is 2.26. The summed E-state index contributed by atoms with van der Waals surface area (Å²) in [6.45, 7) is 4.81. The maximum atomic E-state index is 5.89. The quantitative estimate of drug-likeness (QED) is 0.876. The van der Waals surface area contributed by atoms with Gasteiger partial charge in [-0.25, -0.2) is 0 Å². The Balaban J connectivity index is 2.21. The summed E-state index contributed by atoms with van der Waals surface area (Å²) in [6, 6.07) is 14.1.